The third-order valence-electron chi connectivity index (χ3n) is 23.9. The van der Waals surface area contributed by atoms with Gasteiger partial charge >= 0.3 is 0 Å². The van der Waals surface area contributed by atoms with Crippen LogP contribution >= 0.6 is 0 Å². The van der Waals surface area contributed by atoms with E-state index in [0.29, 0.717) is 38.3 Å². The van der Waals surface area contributed by atoms with E-state index in [2.05, 4.69) is 95.9 Å². The van der Waals surface area contributed by atoms with Gasteiger partial charge < -0.3 is 80.4 Å². The van der Waals surface area contributed by atoms with Crippen molar-refractivity contribution >= 4 is 69.1 Å². The van der Waals surface area contributed by atoms with Gasteiger partial charge in [0.1, 0.15) is 46.5 Å². The van der Waals surface area contributed by atoms with E-state index >= 15 is 0 Å². The van der Waals surface area contributed by atoms with E-state index in [1.807, 2.05) is 97.7 Å². The third kappa shape index (κ3) is 20.8. The molecule has 640 valence electrons. The van der Waals surface area contributed by atoms with Crippen LogP contribution in [0.25, 0.3) is 22.6 Å². The van der Waals surface area contributed by atoms with Crippen LogP contribution in [0.15, 0.2) is 142 Å². The summed E-state index contributed by atoms with van der Waals surface area (Å²) < 4.78 is 13.6. The van der Waals surface area contributed by atoms with Gasteiger partial charge in [-0.25, -0.2) is 19.9 Å². The molecule has 2 aliphatic carbocycles. The molecule has 32 heteroatoms. The maximum atomic E-state index is 11.9. The first-order valence-electron chi connectivity index (χ1n) is 43.0. The van der Waals surface area contributed by atoms with Gasteiger partial charge in [-0.2, -0.15) is 38.5 Å². The van der Waals surface area contributed by atoms with Gasteiger partial charge in [-0.1, -0.05) is 65.5 Å². The zero-order valence-electron chi connectivity index (χ0n) is 70.7. The van der Waals surface area contributed by atoms with Gasteiger partial charge in [-0.05, 0) is 137 Å². The van der Waals surface area contributed by atoms with E-state index in [-0.39, 0.29) is 72.6 Å². The van der Waals surface area contributed by atoms with Crippen molar-refractivity contribution in [1.29, 1.82) is 0 Å². The zero-order chi connectivity index (χ0) is 84.3. The molecule has 12 aromatic heterocycles. The van der Waals surface area contributed by atoms with Gasteiger partial charge in [0, 0.05) is 225 Å². The van der Waals surface area contributed by atoms with Crippen LogP contribution in [-0.2, 0) is 80.1 Å². The quantitative estimate of drug-likeness (QED) is 0.0218. The number of anilines is 8. The standard InChI is InChI=1S/4C22H30N6O2/c1-3-17-15-24-28-19(23-14-16-7-10-26(2)21(30)12-16)13-20(25-22(17)28)27-9-5-4-6-18(27)8-11-29;1-3-17-14-24-28-19(23-13-16-7-8-21(30)26(2)15-16)12-20(25-22(17)28)27-10-5-4-6-18(27)9-11-29;1-3-16-12-24-28-20(23-11-15-8-9-21(30)27(2)13-15)10-19(26-22(16)28)25-18-7-5-4-6-17(18)14-29;1-3-16-13-24-28-20(23-12-15-8-9-27(2)21(30)10-15)11-19(26-22(16)28)25-18-7-5-4-6-17(18)14-29/h7,10,12-13,15,18,23,29H,3-6,8-9,11,14H2,1-2H3;7-8,12,14-15,18,23,29H,3-6,9-11,13H2,1-2H3;8-10,12-13,17-18,23,29H,3-7,11,14H2,1-2H3,(H,25,26);8-11,13,17-18,23,29H,3-7,12,14H2,1-2H3,(H,25,26)/t2*18-;2*17-,18-/m0000/s1. The van der Waals surface area contributed by atoms with Crippen molar-refractivity contribution in [2.75, 3.05) is 81.2 Å². The summed E-state index contributed by atoms with van der Waals surface area (Å²) in [4.78, 5) is 71.4. The Morgan fingerprint density at radius 1 is 0.375 bits per heavy atom. The van der Waals surface area contributed by atoms with Gasteiger partial charge in [0.25, 0.3) is 11.1 Å². The first-order valence-corrected chi connectivity index (χ1v) is 43.0. The lowest BCUT2D eigenvalue weighted by Gasteiger charge is -2.36. The third-order valence-corrected chi connectivity index (χ3v) is 23.9. The maximum Gasteiger partial charge on any atom is 0.250 e. The average molecular weight is 1640 g/mol. The highest BCUT2D eigenvalue weighted by Gasteiger charge is 2.30. The van der Waals surface area contributed by atoms with Gasteiger partial charge in [-0.15, -0.1) is 0 Å². The Morgan fingerprint density at radius 2 is 0.717 bits per heavy atom. The van der Waals surface area contributed by atoms with Gasteiger partial charge in [0.15, 0.2) is 22.6 Å². The molecule has 14 heterocycles. The molecule has 4 fully saturated rings. The fraction of sp³-hybridized carbons (Fsp3) is 0.500. The summed E-state index contributed by atoms with van der Waals surface area (Å²) in [7, 11) is 7.00. The Kier molecular flexibility index (Phi) is 29.5. The Morgan fingerprint density at radius 3 is 1.06 bits per heavy atom. The minimum atomic E-state index is -0.0313. The largest absolute Gasteiger partial charge is 0.396 e. The summed E-state index contributed by atoms with van der Waals surface area (Å²) in [6.07, 6.45) is 35.2. The summed E-state index contributed by atoms with van der Waals surface area (Å²) >= 11 is 0. The van der Waals surface area contributed by atoms with Crippen molar-refractivity contribution in [3.63, 3.8) is 0 Å². The van der Waals surface area contributed by atoms with Crippen LogP contribution in [0.2, 0.25) is 0 Å². The van der Waals surface area contributed by atoms with Gasteiger partial charge in [0.05, 0.1) is 24.8 Å². The second kappa shape index (κ2) is 41.0. The molecule has 2 aliphatic heterocycles. The number of pyridine rings is 4. The van der Waals surface area contributed by atoms with E-state index < -0.39 is 0 Å². The smallest absolute Gasteiger partial charge is 0.250 e. The number of nitrogens with one attached hydrogen (secondary N) is 6. The highest BCUT2D eigenvalue weighted by Crippen LogP contribution is 2.34. The highest BCUT2D eigenvalue weighted by molar-refractivity contribution is 5.65. The van der Waals surface area contributed by atoms with E-state index in [9.17, 15) is 39.6 Å². The topological polar surface area (TPSA) is 368 Å². The number of piperidine rings is 2. The fourth-order valence-electron chi connectivity index (χ4n) is 16.7. The van der Waals surface area contributed by atoms with Gasteiger partial charge in [-0.3, -0.25) is 19.2 Å². The molecule has 6 atom stereocenters. The molecule has 12 aromatic rings. The van der Waals surface area contributed by atoms with Crippen LogP contribution in [0.3, 0.4) is 0 Å². The molecule has 0 aromatic carbocycles. The van der Waals surface area contributed by atoms with E-state index in [0.717, 1.165) is 223 Å². The Hall–Kier alpha value is -11.5. The Bertz CT molecular complexity index is 5660. The van der Waals surface area contributed by atoms with Crippen LogP contribution in [0.4, 0.5) is 46.5 Å². The molecule has 2 saturated heterocycles. The fourth-order valence-corrected chi connectivity index (χ4v) is 16.7. The first-order chi connectivity index (χ1) is 58.4. The zero-order valence-corrected chi connectivity index (χ0v) is 70.7. The summed E-state index contributed by atoms with van der Waals surface area (Å²) in [5.74, 6) is 7.33. The average Bonchev–Trinajstić information content (AvgIpc) is 1.66. The monoisotopic (exact) mass is 1640 g/mol. The summed E-state index contributed by atoms with van der Waals surface area (Å²) in [6.45, 7) is 13.2. The number of nitrogens with zero attached hydrogens (tertiary/aromatic N) is 18. The molecule has 0 amide bonds. The summed E-state index contributed by atoms with van der Waals surface area (Å²) in [5, 5.41) is 77.6. The molecule has 0 unspecified atom stereocenters. The van der Waals surface area contributed by atoms with Crippen molar-refractivity contribution in [2.24, 2.45) is 40.0 Å². The second-order valence-corrected chi connectivity index (χ2v) is 32.1. The molecule has 0 bridgehead atoms. The van der Waals surface area contributed by atoms with Crippen molar-refractivity contribution in [3.05, 3.63) is 208 Å². The molecule has 2 saturated carbocycles. The number of aromatic nitrogens is 16. The second-order valence-electron chi connectivity index (χ2n) is 32.1. The predicted octanol–water partition coefficient (Wildman–Crippen LogP) is 9.82. The number of aryl methyl sites for hydroxylation is 8. The van der Waals surface area contributed by atoms with E-state index in [4.69, 9.17) is 19.9 Å². The van der Waals surface area contributed by atoms with E-state index in [1.165, 1.54) is 32.1 Å². The summed E-state index contributed by atoms with van der Waals surface area (Å²) in [6, 6.07) is 23.1. The van der Waals surface area contributed by atoms with Crippen molar-refractivity contribution in [2.45, 2.75) is 206 Å². The molecule has 0 spiro atoms. The van der Waals surface area contributed by atoms with E-state index in [1.54, 1.807) is 83.1 Å². The number of hydrogen-bond donors (Lipinski definition) is 10. The van der Waals surface area contributed by atoms with Crippen molar-refractivity contribution in [3.8, 4) is 0 Å². The lowest BCUT2D eigenvalue weighted by Crippen LogP contribution is -2.40. The molecular weight excluding hydrogens is 1520 g/mol. The van der Waals surface area contributed by atoms with Crippen LogP contribution in [-0.4, -0.2) is 161 Å². The molecule has 10 N–H and O–H groups in total. The Labute approximate surface area is 698 Å². The highest BCUT2D eigenvalue weighted by atomic mass is 16.3. The number of hydrogen-bond acceptors (Lipinski definition) is 24. The Balaban J connectivity index is 0.000000138. The van der Waals surface area contributed by atoms with Crippen molar-refractivity contribution < 1.29 is 20.4 Å². The maximum absolute atomic E-state index is 11.9. The molecule has 4 aliphatic rings. The molecule has 120 heavy (non-hydrogen) atoms. The molecule has 32 nitrogen and oxygen atoms in total. The predicted molar refractivity (Wildman–Crippen MR) is 472 cm³/mol. The molecule has 16 rings (SSSR count). The van der Waals surface area contributed by atoms with Crippen molar-refractivity contribution in [1.82, 2.24) is 76.7 Å². The molecule has 0 radical (unpaired) electrons. The van der Waals surface area contributed by atoms with Crippen LogP contribution in [0, 0.1) is 11.8 Å². The lowest BCUT2D eigenvalue weighted by atomic mass is 9.85. The minimum Gasteiger partial charge on any atom is -0.396 e. The number of aliphatic hydroxyl groups excluding tert-OH is 4. The van der Waals surface area contributed by atoms with Crippen LogP contribution < -0.4 is 63.9 Å². The van der Waals surface area contributed by atoms with Gasteiger partial charge in [0.2, 0.25) is 11.1 Å². The number of rotatable bonds is 28. The number of aliphatic hydroxyl groups is 4. The molecular formula is C88H120N24O8. The van der Waals surface area contributed by atoms with Crippen LogP contribution in [0.5, 0.6) is 0 Å². The lowest BCUT2D eigenvalue weighted by molar-refractivity contribution is 0.178. The van der Waals surface area contributed by atoms with Crippen LogP contribution in [0.1, 0.15) is 175 Å². The number of fused-ring (bicyclic) bond motifs is 4. The normalized spacial score (nSPS) is 18.0. The summed E-state index contributed by atoms with van der Waals surface area (Å²) in [5.41, 5.74) is 11.5. The minimum absolute atomic E-state index is 0.0213. The SMILES string of the molecule is CCc1cnn2c(NCc3ccc(=O)n(C)c3)cc(N3CCCC[C@H]3CCO)nc12.CCc1cnn2c(NCc3ccc(=O)n(C)c3)cc(N[C@H]3CCCC[C@H]3CO)nc12.CCc1cnn2c(NCc3ccn(C)c(=O)c3)cc(N3CCCC[C@H]3CCO)nc12.CCc1cnn2c(NCc3ccn(C)c(=O)c3)cc(N[C@H]3CCCC[C@H]3CO)nc12. The first kappa shape index (κ1) is 86.4.